The van der Waals surface area contributed by atoms with Gasteiger partial charge in [-0.05, 0) is 37.6 Å². The molecule has 0 spiro atoms. The number of halogens is 1. The van der Waals surface area contributed by atoms with Crippen LogP contribution in [-0.4, -0.2) is 28.1 Å². The summed E-state index contributed by atoms with van der Waals surface area (Å²) < 4.78 is 1.10. The minimum atomic E-state index is -0.491. The van der Waals surface area contributed by atoms with E-state index in [0.29, 0.717) is 21.8 Å². The maximum atomic E-state index is 12.5. The number of hydrogen-bond acceptors (Lipinski definition) is 4. The Kier molecular flexibility index (Phi) is 5.75. The zero-order valence-electron chi connectivity index (χ0n) is 15.5. The van der Waals surface area contributed by atoms with Gasteiger partial charge in [-0.1, -0.05) is 35.9 Å². The molecule has 0 radical (unpaired) electrons. The van der Waals surface area contributed by atoms with Crippen LogP contribution in [0.2, 0.25) is 5.02 Å². The molecule has 0 aliphatic carbocycles. The number of carbonyl (C=O) groups excluding carboxylic acids is 2. The van der Waals surface area contributed by atoms with Crippen LogP contribution < -0.4 is 16.2 Å². The van der Waals surface area contributed by atoms with Gasteiger partial charge in [0.1, 0.15) is 6.54 Å². The number of anilines is 1. The van der Waals surface area contributed by atoms with Gasteiger partial charge in [-0.2, -0.15) is 5.10 Å². The topological polar surface area (TPSA) is 93.1 Å². The average molecular weight is 399 g/mol. The van der Waals surface area contributed by atoms with E-state index < -0.39 is 11.8 Å². The Hall–Kier alpha value is -3.19. The maximum Gasteiger partial charge on any atom is 0.275 e. The lowest BCUT2D eigenvalue weighted by Gasteiger charge is -2.10. The average Bonchev–Trinajstić information content (AvgIpc) is 2.66. The predicted octanol–water partition coefficient (Wildman–Crippen LogP) is 2.42. The molecule has 8 heteroatoms. The van der Waals surface area contributed by atoms with Crippen molar-refractivity contribution in [2.24, 2.45) is 0 Å². The summed E-state index contributed by atoms with van der Waals surface area (Å²) in [5.41, 5.74) is 1.73. The molecule has 0 aliphatic rings. The summed E-state index contributed by atoms with van der Waals surface area (Å²) in [5.74, 6) is -0.913. The first kappa shape index (κ1) is 19.6. The lowest BCUT2D eigenvalue weighted by atomic mass is 10.1. The van der Waals surface area contributed by atoms with Crippen molar-refractivity contribution in [3.63, 3.8) is 0 Å². The number of benzene rings is 2. The largest absolute Gasteiger partial charge is 0.345 e. The molecule has 0 unspecified atom stereocenters. The lowest BCUT2D eigenvalue weighted by molar-refractivity contribution is -0.124. The highest BCUT2D eigenvalue weighted by Crippen LogP contribution is 2.22. The zero-order valence-corrected chi connectivity index (χ0v) is 16.2. The number of fused-ring (bicyclic) bond motifs is 1. The van der Waals surface area contributed by atoms with Gasteiger partial charge in [-0.15, -0.1) is 0 Å². The fourth-order valence-electron chi connectivity index (χ4n) is 2.80. The lowest BCUT2D eigenvalue weighted by Crippen LogP contribution is -2.38. The third kappa shape index (κ3) is 4.37. The molecule has 0 saturated heterocycles. The summed E-state index contributed by atoms with van der Waals surface area (Å²) in [7, 11) is 0. The van der Waals surface area contributed by atoms with E-state index in [2.05, 4.69) is 15.7 Å². The van der Waals surface area contributed by atoms with Crippen molar-refractivity contribution in [2.45, 2.75) is 20.4 Å². The Bertz CT molecular complexity index is 1120. The SMILES string of the molecule is Cc1ccc(NC(=O)CNC(=O)Cn2nc(C)c3ccccc3c2=O)c(Cl)c1. The van der Waals surface area contributed by atoms with Crippen LogP contribution in [0.5, 0.6) is 0 Å². The van der Waals surface area contributed by atoms with Crippen molar-refractivity contribution >= 4 is 39.9 Å². The highest BCUT2D eigenvalue weighted by Gasteiger charge is 2.12. The van der Waals surface area contributed by atoms with Crippen molar-refractivity contribution in [3.05, 3.63) is 69.1 Å². The number of rotatable bonds is 5. The highest BCUT2D eigenvalue weighted by molar-refractivity contribution is 6.33. The van der Waals surface area contributed by atoms with Crippen LogP contribution >= 0.6 is 11.6 Å². The third-order valence-corrected chi connectivity index (χ3v) is 4.50. The molecule has 2 aromatic carbocycles. The summed E-state index contributed by atoms with van der Waals surface area (Å²) in [6, 6.07) is 12.3. The standard InChI is InChI=1S/C20H19ClN4O3/c1-12-7-8-17(16(21)9-12)23-18(26)10-22-19(27)11-25-20(28)15-6-4-3-5-14(15)13(2)24-25/h3-9H,10-11H2,1-2H3,(H,22,27)(H,23,26). The van der Waals surface area contributed by atoms with Gasteiger partial charge >= 0.3 is 0 Å². The molecule has 1 aromatic heterocycles. The summed E-state index contributed by atoms with van der Waals surface area (Å²) in [4.78, 5) is 36.7. The van der Waals surface area contributed by atoms with E-state index >= 15 is 0 Å². The third-order valence-electron chi connectivity index (χ3n) is 4.19. The molecule has 3 aromatic rings. The molecular weight excluding hydrogens is 380 g/mol. The van der Waals surface area contributed by atoms with Gasteiger partial charge in [0.25, 0.3) is 5.56 Å². The molecule has 0 bridgehead atoms. The Morgan fingerprint density at radius 3 is 2.50 bits per heavy atom. The zero-order chi connectivity index (χ0) is 20.3. The number of nitrogens with zero attached hydrogens (tertiary/aromatic N) is 2. The van der Waals surface area contributed by atoms with E-state index in [-0.39, 0.29) is 18.6 Å². The summed E-state index contributed by atoms with van der Waals surface area (Å²) in [6.45, 7) is 3.14. The second-order valence-electron chi connectivity index (χ2n) is 6.40. The van der Waals surface area contributed by atoms with Crippen molar-refractivity contribution in [2.75, 3.05) is 11.9 Å². The summed E-state index contributed by atoms with van der Waals surface area (Å²) >= 11 is 6.08. The number of aryl methyl sites for hydroxylation is 2. The van der Waals surface area contributed by atoms with Gasteiger partial charge < -0.3 is 10.6 Å². The second-order valence-corrected chi connectivity index (χ2v) is 6.81. The van der Waals surface area contributed by atoms with Crippen molar-refractivity contribution < 1.29 is 9.59 Å². The first-order valence-electron chi connectivity index (χ1n) is 8.64. The van der Waals surface area contributed by atoms with Gasteiger partial charge in [-0.3, -0.25) is 14.4 Å². The fourth-order valence-corrected chi connectivity index (χ4v) is 3.08. The molecule has 0 fully saturated rings. The van der Waals surface area contributed by atoms with Crippen LogP contribution in [0.4, 0.5) is 5.69 Å². The molecule has 2 N–H and O–H groups in total. The maximum absolute atomic E-state index is 12.5. The predicted molar refractivity (Wildman–Crippen MR) is 109 cm³/mol. The van der Waals surface area contributed by atoms with Crippen LogP contribution in [0.3, 0.4) is 0 Å². The number of hydrogen-bond donors (Lipinski definition) is 2. The van der Waals surface area contributed by atoms with E-state index in [1.807, 2.05) is 25.1 Å². The minimum absolute atomic E-state index is 0.246. The molecule has 3 rings (SSSR count). The molecule has 0 saturated carbocycles. The number of amides is 2. The number of carbonyl (C=O) groups is 2. The Morgan fingerprint density at radius 1 is 1.07 bits per heavy atom. The van der Waals surface area contributed by atoms with Gasteiger partial charge in [0.05, 0.1) is 28.3 Å². The normalized spacial score (nSPS) is 10.7. The first-order chi connectivity index (χ1) is 13.3. The Balaban J connectivity index is 1.63. The van der Waals surface area contributed by atoms with Crippen LogP contribution in [0.15, 0.2) is 47.3 Å². The van der Waals surface area contributed by atoms with E-state index in [0.717, 1.165) is 15.6 Å². The quantitative estimate of drug-likeness (QED) is 0.690. The number of aromatic nitrogens is 2. The second kappa shape index (κ2) is 8.22. The van der Waals surface area contributed by atoms with E-state index in [9.17, 15) is 14.4 Å². The van der Waals surface area contributed by atoms with E-state index in [4.69, 9.17) is 11.6 Å². The van der Waals surface area contributed by atoms with Crippen molar-refractivity contribution in [3.8, 4) is 0 Å². The number of nitrogens with one attached hydrogen (secondary N) is 2. The molecule has 0 atom stereocenters. The molecule has 2 amide bonds. The van der Waals surface area contributed by atoms with Crippen molar-refractivity contribution in [1.82, 2.24) is 15.1 Å². The molecule has 28 heavy (non-hydrogen) atoms. The van der Waals surface area contributed by atoms with Crippen LogP contribution in [0, 0.1) is 13.8 Å². The highest BCUT2D eigenvalue weighted by atomic mass is 35.5. The Morgan fingerprint density at radius 2 is 1.79 bits per heavy atom. The van der Waals surface area contributed by atoms with Gasteiger partial charge in [-0.25, -0.2) is 4.68 Å². The van der Waals surface area contributed by atoms with Gasteiger partial charge in [0.2, 0.25) is 11.8 Å². The molecule has 7 nitrogen and oxygen atoms in total. The van der Waals surface area contributed by atoms with Gasteiger partial charge in [0, 0.05) is 5.39 Å². The molecular formula is C20H19ClN4O3. The van der Waals surface area contributed by atoms with Gasteiger partial charge in [0.15, 0.2) is 0 Å². The molecule has 1 heterocycles. The van der Waals surface area contributed by atoms with Crippen molar-refractivity contribution in [1.29, 1.82) is 0 Å². The summed E-state index contributed by atoms with van der Waals surface area (Å²) in [5, 5.41) is 11.0. The first-order valence-corrected chi connectivity index (χ1v) is 9.02. The molecule has 0 aliphatic heterocycles. The minimum Gasteiger partial charge on any atom is -0.345 e. The Labute approximate surface area is 166 Å². The van der Waals surface area contributed by atoms with Crippen LogP contribution in [0.25, 0.3) is 10.8 Å². The monoisotopic (exact) mass is 398 g/mol. The van der Waals surface area contributed by atoms with E-state index in [1.165, 1.54) is 0 Å². The summed E-state index contributed by atoms with van der Waals surface area (Å²) in [6.07, 6.45) is 0. The smallest absolute Gasteiger partial charge is 0.275 e. The molecule has 144 valence electrons. The van der Waals surface area contributed by atoms with E-state index in [1.54, 1.807) is 31.2 Å². The fraction of sp³-hybridized carbons (Fsp3) is 0.200. The van der Waals surface area contributed by atoms with Crippen LogP contribution in [0.1, 0.15) is 11.3 Å². The van der Waals surface area contributed by atoms with Crippen LogP contribution in [-0.2, 0) is 16.1 Å².